The first-order valence-electron chi connectivity index (χ1n) is 6.46. The number of hydrogen-bond acceptors (Lipinski definition) is 3. The van der Waals surface area contributed by atoms with Gasteiger partial charge in [-0.25, -0.2) is 17.5 Å². The molecule has 19 heavy (non-hydrogen) atoms. The summed E-state index contributed by atoms with van der Waals surface area (Å²) in [5, 5.41) is 3.08. The van der Waals surface area contributed by atoms with Crippen LogP contribution in [0.1, 0.15) is 18.9 Å². The van der Waals surface area contributed by atoms with Crippen LogP contribution in [0, 0.1) is 5.82 Å². The Balaban J connectivity index is 2.27. The predicted octanol–water partition coefficient (Wildman–Crippen LogP) is 1.29. The maximum atomic E-state index is 12.9. The smallest absolute Gasteiger partial charge is 0.211 e. The van der Waals surface area contributed by atoms with Gasteiger partial charge in [-0.05, 0) is 43.6 Å². The molecular weight excluding hydrogens is 267 g/mol. The Bertz CT molecular complexity index is 477. The second-order valence-electron chi connectivity index (χ2n) is 4.30. The van der Waals surface area contributed by atoms with E-state index in [-0.39, 0.29) is 11.6 Å². The zero-order chi connectivity index (χ0) is 14.1. The summed E-state index contributed by atoms with van der Waals surface area (Å²) < 4.78 is 38.7. The molecule has 2 N–H and O–H groups in total. The van der Waals surface area contributed by atoms with Crippen molar-refractivity contribution >= 4 is 10.0 Å². The van der Waals surface area contributed by atoms with Gasteiger partial charge >= 0.3 is 0 Å². The third-order valence-corrected chi connectivity index (χ3v) is 4.11. The number of rotatable bonds is 9. The Morgan fingerprint density at radius 1 is 1.26 bits per heavy atom. The number of hydrogen-bond donors (Lipinski definition) is 2. The van der Waals surface area contributed by atoms with Crippen LogP contribution in [0.5, 0.6) is 0 Å². The first kappa shape index (κ1) is 16.1. The minimum atomic E-state index is -3.23. The van der Waals surface area contributed by atoms with Crippen molar-refractivity contribution in [2.45, 2.75) is 19.8 Å². The molecule has 0 saturated carbocycles. The lowest BCUT2D eigenvalue weighted by molar-refractivity contribution is 0.576. The van der Waals surface area contributed by atoms with Crippen LogP contribution < -0.4 is 10.0 Å². The van der Waals surface area contributed by atoms with Gasteiger partial charge in [0.1, 0.15) is 5.82 Å². The van der Waals surface area contributed by atoms with Crippen molar-refractivity contribution in [2.75, 3.05) is 25.4 Å². The Kier molecular flexibility index (Phi) is 6.97. The molecule has 0 spiro atoms. The molecule has 0 heterocycles. The van der Waals surface area contributed by atoms with Gasteiger partial charge in [-0.1, -0.05) is 19.1 Å². The fraction of sp³-hybridized carbons (Fsp3) is 0.538. The second-order valence-corrected chi connectivity index (χ2v) is 6.23. The van der Waals surface area contributed by atoms with E-state index in [1.54, 1.807) is 12.1 Å². The summed E-state index contributed by atoms with van der Waals surface area (Å²) in [6.07, 6.45) is 1.08. The van der Waals surface area contributed by atoms with Crippen LogP contribution in [0.4, 0.5) is 4.39 Å². The van der Waals surface area contributed by atoms with Crippen molar-refractivity contribution in [1.82, 2.24) is 10.0 Å². The molecule has 0 aromatic heterocycles. The van der Waals surface area contributed by atoms with Crippen molar-refractivity contribution in [3.63, 3.8) is 0 Å². The van der Waals surface area contributed by atoms with E-state index in [2.05, 4.69) is 10.0 Å². The molecule has 0 bridgehead atoms. The van der Waals surface area contributed by atoms with Crippen molar-refractivity contribution in [2.24, 2.45) is 0 Å². The van der Waals surface area contributed by atoms with Crippen LogP contribution in [-0.2, 0) is 16.4 Å². The molecule has 0 aliphatic rings. The van der Waals surface area contributed by atoms with Gasteiger partial charge in [-0.2, -0.15) is 0 Å². The lowest BCUT2D eigenvalue weighted by Crippen LogP contribution is -2.30. The fourth-order valence-corrected chi connectivity index (χ4v) is 2.76. The van der Waals surface area contributed by atoms with Crippen molar-refractivity contribution < 1.29 is 12.8 Å². The molecule has 0 aliphatic carbocycles. The average Bonchev–Trinajstić information content (AvgIpc) is 2.35. The number of halogens is 1. The van der Waals surface area contributed by atoms with E-state index in [0.717, 1.165) is 12.1 Å². The van der Waals surface area contributed by atoms with Gasteiger partial charge in [0.2, 0.25) is 10.0 Å². The highest BCUT2D eigenvalue weighted by atomic mass is 32.2. The van der Waals surface area contributed by atoms with E-state index < -0.39 is 10.0 Å². The molecular formula is C13H21FN2O2S. The van der Waals surface area contributed by atoms with E-state index >= 15 is 0 Å². The number of nitrogens with one attached hydrogen (secondary N) is 2. The van der Waals surface area contributed by atoms with E-state index in [9.17, 15) is 12.8 Å². The number of sulfonamides is 1. The molecule has 0 fully saturated rings. The van der Waals surface area contributed by atoms with Gasteiger partial charge in [0, 0.05) is 6.54 Å². The summed E-state index contributed by atoms with van der Waals surface area (Å²) in [5.74, 6) is -0.186. The molecule has 1 aromatic carbocycles. The van der Waals surface area contributed by atoms with Gasteiger partial charge in [0.15, 0.2) is 0 Å². The highest BCUT2D eigenvalue weighted by molar-refractivity contribution is 7.89. The molecule has 1 aromatic rings. The van der Waals surface area contributed by atoms with Crippen LogP contribution in [0.3, 0.4) is 0 Å². The summed E-state index contributed by atoms with van der Waals surface area (Å²) in [7, 11) is -3.23. The van der Waals surface area contributed by atoms with Crippen LogP contribution in [0.25, 0.3) is 0 Å². The third kappa shape index (κ3) is 7.25. The maximum absolute atomic E-state index is 12.9. The maximum Gasteiger partial charge on any atom is 0.211 e. The number of benzene rings is 1. The molecule has 1 rings (SSSR count). The van der Waals surface area contributed by atoms with Gasteiger partial charge < -0.3 is 5.32 Å². The molecule has 4 nitrogen and oxygen atoms in total. The zero-order valence-corrected chi connectivity index (χ0v) is 12.0. The SMILES string of the molecule is CCNCCCS(=O)(=O)NCCc1cccc(F)c1. The summed E-state index contributed by atoms with van der Waals surface area (Å²) in [6, 6.07) is 6.19. The Hall–Kier alpha value is -0.980. The molecule has 6 heteroatoms. The predicted molar refractivity (Wildman–Crippen MR) is 75.1 cm³/mol. The van der Waals surface area contributed by atoms with Gasteiger partial charge in [-0.3, -0.25) is 0 Å². The second kappa shape index (κ2) is 8.24. The van der Waals surface area contributed by atoms with Crippen LogP contribution >= 0.6 is 0 Å². The quantitative estimate of drug-likeness (QED) is 0.673. The topological polar surface area (TPSA) is 58.2 Å². The summed E-state index contributed by atoms with van der Waals surface area (Å²) in [5.41, 5.74) is 0.787. The fourth-order valence-electron chi connectivity index (χ4n) is 1.68. The standard InChI is InChI=1S/C13H21FN2O2S/c1-2-15-8-4-10-19(17,18)16-9-7-12-5-3-6-13(14)11-12/h3,5-6,11,15-16H,2,4,7-10H2,1H3. The van der Waals surface area contributed by atoms with Gasteiger partial charge in [0.05, 0.1) is 5.75 Å². The van der Waals surface area contributed by atoms with Crippen molar-refractivity contribution in [3.05, 3.63) is 35.6 Å². The Morgan fingerprint density at radius 2 is 2.05 bits per heavy atom. The van der Waals surface area contributed by atoms with Crippen LogP contribution in [-0.4, -0.2) is 33.8 Å². The monoisotopic (exact) mass is 288 g/mol. The minimum Gasteiger partial charge on any atom is -0.317 e. The molecule has 0 unspecified atom stereocenters. The third-order valence-electron chi connectivity index (χ3n) is 2.64. The van der Waals surface area contributed by atoms with Gasteiger partial charge in [0.25, 0.3) is 0 Å². The largest absolute Gasteiger partial charge is 0.317 e. The first-order valence-corrected chi connectivity index (χ1v) is 8.11. The van der Waals surface area contributed by atoms with E-state index in [1.165, 1.54) is 12.1 Å². The van der Waals surface area contributed by atoms with Crippen LogP contribution in [0.15, 0.2) is 24.3 Å². The average molecular weight is 288 g/mol. The minimum absolute atomic E-state index is 0.114. The lowest BCUT2D eigenvalue weighted by atomic mass is 10.1. The summed E-state index contributed by atoms with van der Waals surface area (Å²) >= 11 is 0. The Morgan fingerprint density at radius 3 is 2.74 bits per heavy atom. The Labute approximate surface area is 114 Å². The van der Waals surface area contributed by atoms with E-state index in [0.29, 0.717) is 25.9 Å². The van der Waals surface area contributed by atoms with E-state index in [4.69, 9.17) is 0 Å². The molecule has 0 amide bonds. The first-order chi connectivity index (χ1) is 9.03. The van der Waals surface area contributed by atoms with Crippen molar-refractivity contribution in [3.8, 4) is 0 Å². The van der Waals surface area contributed by atoms with Crippen molar-refractivity contribution in [1.29, 1.82) is 0 Å². The molecule has 0 radical (unpaired) electrons. The van der Waals surface area contributed by atoms with Gasteiger partial charge in [-0.15, -0.1) is 0 Å². The molecule has 0 atom stereocenters. The van der Waals surface area contributed by atoms with Crippen LogP contribution in [0.2, 0.25) is 0 Å². The molecule has 0 aliphatic heterocycles. The summed E-state index contributed by atoms with van der Waals surface area (Å²) in [6.45, 7) is 3.81. The highest BCUT2D eigenvalue weighted by Gasteiger charge is 2.08. The van der Waals surface area contributed by atoms with E-state index in [1.807, 2.05) is 6.92 Å². The molecule has 108 valence electrons. The lowest BCUT2D eigenvalue weighted by Gasteiger charge is -2.07. The highest BCUT2D eigenvalue weighted by Crippen LogP contribution is 2.03. The zero-order valence-electron chi connectivity index (χ0n) is 11.2. The summed E-state index contributed by atoms with van der Waals surface area (Å²) in [4.78, 5) is 0. The normalized spacial score (nSPS) is 11.7. The molecule has 0 saturated heterocycles.